The highest BCUT2D eigenvalue weighted by Crippen LogP contribution is 2.68. The summed E-state index contributed by atoms with van der Waals surface area (Å²) in [7, 11) is 0. The minimum absolute atomic E-state index is 0.171. The second-order valence-corrected chi connectivity index (χ2v) is 14.0. The molecule has 6 N–H and O–H groups in total. The fourth-order valence-electron chi connectivity index (χ4n) is 9.53. The van der Waals surface area contributed by atoms with Crippen molar-refractivity contribution in [2.24, 2.45) is 46.3 Å². The van der Waals surface area contributed by atoms with Gasteiger partial charge in [0, 0.05) is 11.8 Å². The van der Waals surface area contributed by atoms with Crippen molar-refractivity contribution in [1.82, 2.24) is 0 Å². The molecule has 34 heavy (non-hydrogen) atoms. The largest absolute Gasteiger partial charge is 0.393 e. The van der Waals surface area contributed by atoms with E-state index in [4.69, 9.17) is 0 Å². The van der Waals surface area contributed by atoms with E-state index in [2.05, 4.69) is 13.8 Å². The number of aliphatic hydroxyl groups is 6. The predicted octanol–water partition coefficient (Wildman–Crippen LogP) is 2.86. The number of fused-ring (bicyclic) bond motifs is 5. The topological polar surface area (TPSA) is 121 Å². The summed E-state index contributed by atoms with van der Waals surface area (Å²) in [5.41, 5.74) is -3.01. The molecule has 0 aliphatic heterocycles. The second kappa shape index (κ2) is 8.66. The van der Waals surface area contributed by atoms with E-state index in [0.29, 0.717) is 24.2 Å². The Morgan fingerprint density at radius 2 is 1.44 bits per heavy atom. The third kappa shape index (κ3) is 3.99. The molecule has 198 valence electrons. The monoisotopic (exact) mass is 482 g/mol. The molecule has 4 fully saturated rings. The molecule has 4 aliphatic carbocycles. The van der Waals surface area contributed by atoms with Gasteiger partial charge in [-0.15, -0.1) is 0 Å². The van der Waals surface area contributed by atoms with E-state index in [9.17, 15) is 30.6 Å². The van der Waals surface area contributed by atoms with E-state index in [1.807, 2.05) is 0 Å². The Bertz CT molecular complexity index is 748. The predicted molar refractivity (Wildman–Crippen MR) is 131 cm³/mol. The Labute approximate surface area is 205 Å². The highest BCUT2D eigenvalue weighted by atomic mass is 16.4. The summed E-state index contributed by atoms with van der Waals surface area (Å²) in [6.07, 6.45) is 3.88. The summed E-state index contributed by atoms with van der Waals surface area (Å²) in [6, 6.07) is 0. The van der Waals surface area contributed by atoms with Crippen molar-refractivity contribution in [3.63, 3.8) is 0 Å². The molecule has 0 aromatic carbocycles. The van der Waals surface area contributed by atoms with Crippen LogP contribution in [0.1, 0.15) is 92.9 Å². The van der Waals surface area contributed by atoms with Gasteiger partial charge in [0.1, 0.15) is 6.10 Å². The van der Waals surface area contributed by atoms with Gasteiger partial charge in [-0.25, -0.2) is 0 Å². The molecule has 0 spiro atoms. The third-order valence-electron chi connectivity index (χ3n) is 11.8. The highest BCUT2D eigenvalue weighted by Gasteiger charge is 2.66. The van der Waals surface area contributed by atoms with E-state index in [1.165, 1.54) is 0 Å². The Morgan fingerprint density at radius 1 is 0.824 bits per heavy atom. The minimum atomic E-state index is -1.69. The van der Waals surface area contributed by atoms with Gasteiger partial charge in [0.05, 0.1) is 29.5 Å². The summed E-state index contributed by atoms with van der Waals surface area (Å²) >= 11 is 0. The zero-order valence-electron chi connectivity index (χ0n) is 22.1. The van der Waals surface area contributed by atoms with Crippen LogP contribution < -0.4 is 0 Å². The molecule has 0 aromatic rings. The van der Waals surface area contributed by atoms with Crippen molar-refractivity contribution in [1.29, 1.82) is 0 Å². The smallest absolute Gasteiger partial charge is 0.109 e. The van der Waals surface area contributed by atoms with Gasteiger partial charge in [0.25, 0.3) is 0 Å². The lowest BCUT2D eigenvalue weighted by atomic mass is 9.44. The molecule has 6 nitrogen and oxygen atoms in total. The van der Waals surface area contributed by atoms with Gasteiger partial charge in [0.2, 0.25) is 0 Å². The molecule has 4 aliphatic rings. The molecule has 0 saturated heterocycles. The van der Waals surface area contributed by atoms with Crippen LogP contribution in [0.3, 0.4) is 0 Å². The zero-order chi connectivity index (χ0) is 25.4. The van der Waals surface area contributed by atoms with Crippen LogP contribution in [0.4, 0.5) is 0 Å². The van der Waals surface area contributed by atoms with E-state index in [1.54, 1.807) is 27.7 Å². The van der Waals surface area contributed by atoms with Crippen LogP contribution in [0, 0.1) is 46.3 Å². The zero-order valence-corrected chi connectivity index (χ0v) is 22.1. The molecule has 13 atom stereocenters. The first kappa shape index (κ1) is 26.8. The Kier molecular flexibility index (Phi) is 6.83. The molecule has 0 amide bonds. The maximum absolute atomic E-state index is 11.7. The van der Waals surface area contributed by atoms with E-state index >= 15 is 0 Å². The molecule has 0 radical (unpaired) electrons. The lowest BCUT2D eigenvalue weighted by molar-refractivity contribution is -0.208. The first-order valence-corrected chi connectivity index (χ1v) is 13.7. The third-order valence-corrected chi connectivity index (χ3v) is 11.8. The average molecular weight is 483 g/mol. The van der Waals surface area contributed by atoms with Crippen molar-refractivity contribution >= 4 is 0 Å². The van der Waals surface area contributed by atoms with Gasteiger partial charge in [-0.3, -0.25) is 0 Å². The fourth-order valence-corrected chi connectivity index (χ4v) is 9.53. The Balaban J connectivity index is 1.59. The van der Waals surface area contributed by atoms with Crippen LogP contribution in [0.25, 0.3) is 0 Å². The fraction of sp³-hybridized carbons (Fsp3) is 1.00. The van der Waals surface area contributed by atoms with Gasteiger partial charge in [-0.2, -0.15) is 0 Å². The summed E-state index contributed by atoms with van der Waals surface area (Å²) < 4.78 is 0. The van der Waals surface area contributed by atoms with Gasteiger partial charge in [0.15, 0.2) is 0 Å². The maximum Gasteiger partial charge on any atom is 0.109 e. The average Bonchev–Trinajstić information content (AvgIpc) is 3.02. The number of rotatable bonds is 5. The van der Waals surface area contributed by atoms with Crippen molar-refractivity contribution in [2.45, 2.75) is 129 Å². The Hall–Kier alpha value is -0.240. The lowest BCUT2D eigenvalue weighted by Crippen LogP contribution is -2.62. The van der Waals surface area contributed by atoms with E-state index in [0.717, 1.165) is 44.9 Å². The van der Waals surface area contributed by atoms with Crippen molar-refractivity contribution in [3.8, 4) is 0 Å². The molecule has 4 rings (SSSR count). The van der Waals surface area contributed by atoms with Crippen LogP contribution in [-0.2, 0) is 0 Å². The summed E-state index contributed by atoms with van der Waals surface area (Å²) in [4.78, 5) is 0. The van der Waals surface area contributed by atoms with Crippen LogP contribution >= 0.6 is 0 Å². The van der Waals surface area contributed by atoms with Crippen molar-refractivity contribution in [3.05, 3.63) is 0 Å². The van der Waals surface area contributed by atoms with Crippen LogP contribution in [0.2, 0.25) is 0 Å². The Morgan fingerprint density at radius 3 is 2.06 bits per heavy atom. The quantitative estimate of drug-likeness (QED) is 0.358. The maximum atomic E-state index is 11.7. The summed E-state index contributed by atoms with van der Waals surface area (Å²) in [6.45, 7) is 11.0. The normalized spacial score (nSPS) is 49.2. The van der Waals surface area contributed by atoms with Crippen LogP contribution in [0.15, 0.2) is 0 Å². The standard InChI is InChI=1S/C28H50O6/c1-15(25(2,3)33)22(31)24(32)28(6,34)23-21(30)14-20-18-8-7-16-13-17(29)9-11-26(16,4)19(18)10-12-27(20,23)5/h15-24,29-34H,7-14H2,1-6H3/t15-,16?,17?,18+,19-,20-,21?,22?,23-,24?,26-,27-,28+/m0/s1. The first-order chi connectivity index (χ1) is 15.5. The summed E-state index contributed by atoms with van der Waals surface area (Å²) in [5, 5.41) is 65.8. The van der Waals surface area contributed by atoms with Crippen molar-refractivity contribution < 1.29 is 30.6 Å². The van der Waals surface area contributed by atoms with Crippen LogP contribution in [-0.4, -0.2) is 66.3 Å². The molecule has 5 unspecified atom stereocenters. The molecule has 0 aromatic heterocycles. The highest BCUT2D eigenvalue weighted by molar-refractivity contribution is 5.15. The number of hydrogen-bond donors (Lipinski definition) is 6. The molecular formula is C28H50O6. The summed E-state index contributed by atoms with van der Waals surface area (Å²) in [5.74, 6) is 0.666. The minimum Gasteiger partial charge on any atom is -0.393 e. The van der Waals surface area contributed by atoms with E-state index < -0.39 is 41.3 Å². The van der Waals surface area contributed by atoms with Gasteiger partial charge in [-0.1, -0.05) is 20.8 Å². The first-order valence-electron chi connectivity index (χ1n) is 13.7. The lowest BCUT2D eigenvalue weighted by Gasteiger charge is -2.61. The van der Waals surface area contributed by atoms with Crippen molar-refractivity contribution in [2.75, 3.05) is 0 Å². The number of hydrogen-bond acceptors (Lipinski definition) is 6. The van der Waals surface area contributed by atoms with E-state index in [-0.39, 0.29) is 22.9 Å². The molecule has 0 bridgehead atoms. The number of aliphatic hydroxyl groups excluding tert-OH is 4. The SMILES string of the molecule is C[C@@H](C(O)C(O)[C@](C)(O)[C@H]1C(O)C[C@H]2[C@@H]3CCC4CC(O)CC[C@]4(C)[C@H]3CC[C@@]21C)C(C)(C)O. The van der Waals surface area contributed by atoms with Gasteiger partial charge < -0.3 is 30.6 Å². The van der Waals surface area contributed by atoms with Crippen LogP contribution in [0.5, 0.6) is 0 Å². The van der Waals surface area contributed by atoms with Gasteiger partial charge in [-0.05, 0) is 107 Å². The molecular weight excluding hydrogens is 432 g/mol. The second-order valence-electron chi connectivity index (χ2n) is 14.0. The molecule has 0 heterocycles. The molecule has 4 saturated carbocycles. The molecule has 6 heteroatoms. The van der Waals surface area contributed by atoms with Gasteiger partial charge >= 0.3 is 0 Å².